The third kappa shape index (κ3) is 3.47. The van der Waals surface area contributed by atoms with Crippen LogP contribution in [0.4, 0.5) is 0 Å². The number of carbonyl (C=O) groups is 2. The summed E-state index contributed by atoms with van der Waals surface area (Å²) < 4.78 is 7.05. The van der Waals surface area contributed by atoms with Gasteiger partial charge < -0.3 is 19.6 Å². The smallest absolute Gasteiger partial charge is 0.254 e. The minimum Gasteiger partial charge on any atom is -0.491 e. The van der Waals surface area contributed by atoms with E-state index >= 15 is 0 Å². The number of nitrogens with zero attached hydrogens (tertiary/aromatic N) is 4. The number of aryl methyl sites for hydroxylation is 1. The molecule has 2 amide bonds. The largest absolute Gasteiger partial charge is 0.491 e. The molecule has 3 heterocycles. The van der Waals surface area contributed by atoms with Gasteiger partial charge in [0, 0.05) is 37.6 Å². The summed E-state index contributed by atoms with van der Waals surface area (Å²) in [6.45, 7) is 1.34. The van der Waals surface area contributed by atoms with Gasteiger partial charge >= 0.3 is 0 Å². The summed E-state index contributed by atoms with van der Waals surface area (Å²) in [5.41, 5.74) is 1.50. The van der Waals surface area contributed by atoms with E-state index in [2.05, 4.69) is 5.10 Å². The molecule has 28 heavy (non-hydrogen) atoms. The second-order valence-corrected chi connectivity index (χ2v) is 7.27. The second kappa shape index (κ2) is 7.63. The van der Waals surface area contributed by atoms with Crippen LogP contribution in [0.5, 0.6) is 5.75 Å². The van der Waals surface area contributed by atoms with Crippen molar-refractivity contribution in [2.45, 2.75) is 24.9 Å². The molecule has 4 rings (SSSR count). The molecule has 148 valence electrons. The first-order chi connectivity index (χ1) is 13.6. The maximum absolute atomic E-state index is 12.9. The summed E-state index contributed by atoms with van der Waals surface area (Å²) in [6, 6.07) is 8.97. The van der Waals surface area contributed by atoms with E-state index in [-0.39, 0.29) is 37.1 Å². The van der Waals surface area contributed by atoms with Crippen LogP contribution in [0, 0.1) is 0 Å². The average molecular weight is 384 g/mol. The molecule has 0 unspecified atom stereocenters. The van der Waals surface area contributed by atoms with E-state index in [0.29, 0.717) is 30.8 Å². The lowest BCUT2D eigenvalue weighted by Gasteiger charge is -2.34. The summed E-state index contributed by atoms with van der Waals surface area (Å²) in [4.78, 5) is 29.3. The fourth-order valence-corrected chi connectivity index (χ4v) is 4.08. The maximum atomic E-state index is 12.9. The number of rotatable bonds is 6. The van der Waals surface area contributed by atoms with Crippen LogP contribution < -0.4 is 4.74 Å². The van der Waals surface area contributed by atoms with Crippen molar-refractivity contribution in [3.8, 4) is 5.75 Å². The van der Waals surface area contributed by atoms with Crippen LogP contribution in [-0.4, -0.2) is 74.9 Å². The number of likely N-dealkylation sites (tertiary alicyclic amines) is 2. The molecule has 2 aliphatic heterocycles. The number of carbonyl (C=O) groups excluding carboxylic acids is 2. The average Bonchev–Trinajstić information content (AvgIpc) is 3.42. The maximum Gasteiger partial charge on any atom is 0.254 e. The van der Waals surface area contributed by atoms with Gasteiger partial charge in [0.15, 0.2) is 0 Å². The first kappa shape index (κ1) is 18.5. The Labute approximate surface area is 163 Å². The van der Waals surface area contributed by atoms with Crippen LogP contribution >= 0.6 is 0 Å². The molecule has 0 saturated carbocycles. The highest BCUT2D eigenvalue weighted by molar-refractivity contribution is 5.95. The van der Waals surface area contributed by atoms with Crippen LogP contribution in [0.3, 0.4) is 0 Å². The SMILES string of the molecule is Cn1nccc1CC(=O)N1C[C@@H]2C[C@H]1CN2C(=O)c1ccc(OCCO)cc1. The normalized spacial score (nSPS) is 20.6. The minimum absolute atomic E-state index is 0.0139. The summed E-state index contributed by atoms with van der Waals surface area (Å²) in [5.74, 6) is 0.703. The van der Waals surface area contributed by atoms with E-state index in [9.17, 15) is 9.59 Å². The van der Waals surface area contributed by atoms with Gasteiger partial charge in [-0.15, -0.1) is 0 Å². The summed E-state index contributed by atoms with van der Waals surface area (Å²) >= 11 is 0. The van der Waals surface area contributed by atoms with Crippen molar-refractivity contribution in [1.82, 2.24) is 19.6 Å². The fourth-order valence-electron chi connectivity index (χ4n) is 4.08. The van der Waals surface area contributed by atoms with Crippen LogP contribution in [-0.2, 0) is 18.3 Å². The van der Waals surface area contributed by atoms with Gasteiger partial charge in [0.05, 0.1) is 25.1 Å². The summed E-state index contributed by atoms with van der Waals surface area (Å²) in [7, 11) is 1.83. The highest BCUT2D eigenvalue weighted by Crippen LogP contribution is 2.32. The highest BCUT2D eigenvalue weighted by Gasteiger charge is 2.47. The van der Waals surface area contributed by atoms with Crippen molar-refractivity contribution in [2.75, 3.05) is 26.3 Å². The van der Waals surface area contributed by atoms with Gasteiger partial charge in [0.2, 0.25) is 5.91 Å². The number of aromatic nitrogens is 2. The van der Waals surface area contributed by atoms with E-state index in [0.717, 1.165) is 12.1 Å². The predicted molar refractivity (Wildman–Crippen MR) is 101 cm³/mol. The fraction of sp³-hybridized carbons (Fsp3) is 0.450. The molecular weight excluding hydrogens is 360 g/mol. The zero-order chi connectivity index (χ0) is 19.7. The first-order valence-corrected chi connectivity index (χ1v) is 9.48. The van der Waals surface area contributed by atoms with Crippen molar-refractivity contribution >= 4 is 11.8 Å². The topological polar surface area (TPSA) is 87.9 Å². The lowest BCUT2D eigenvalue weighted by Crippen LogP contribution is -2.51. The van der Waals surface area contributed by atoms with Crippen molar-refractivity contribution in [3.05, 3.63) is 47.8 Å². The standard InChI is InChI=1S/C20H24N4O4/c1-22-15(6-7-21-22)11-19(26)23-12-17-10-16(23)13-24(17)20(27)14-2-4-18(5-3-14)28-9-8-25/h2-7,16-17,25H,8-13H2,1H3/t16-,17-/m0/s1. The lowest BCUT2D eigenvalue weighted by atomic mass is 10.1. The van der Waals surface area contributed by atoms with Gasteiger partial charge in [-0.05, 0) is 36.8 Å². The molecule has 2 fully saturated rings. The van der Waals surface area contributed by atoms with Crippen LogP contribution in [0.1, 0.15) is 22.5 Å². The van der Waals surface area contributed by atoms with Crippen LogP contribution in [0.15, 0.2) is 36.5 Å². The van der Waals surface area contributed by atoms with Gasteiger partial charge in [-0.2, -0.15) is 5.10 Å². The lowest BCUT2D eigenvalue weighted by molar-refractivity contribution is -0.132. The Balaban J connectivity index is 1.36. The number of hydrogen-bond donors (Lipinski definition) is 1. The number of aliphatic hydroxyl groups is 1. The number of amides is 2. The van der Waals surface area contributed by atoms with E-state index in [1.165, 1.54) is 0 Å². The zero-order valence-corrected chi connectivity index (χ0v) is 15.8. The van der Waals surface area contributed by atoms with Crippen LogP contribution in [0.25, 0.3) is 0 Å². The van der Waals surface area contributed by atoms with Gasteiger partial charge in [0.1, 0.15) is 12.4 Å². The van der Waals surface area contributed by atoms with Gasteiger partial charge in [0.25, 0.3) is 5.91 Å². The predicted octanol–water partition coefficient (Wildman–Crippen LogP) is 0.459. The molecule has 2 aliphatic rings. The highest BCUT2D eigenvalue weighted by atomic mass is 16.5. The van der Waals surface area contributed by atoms with Crippen LogP contribution in [0.2, 0.25) is 0 Å². The van der Waals surface area contributed by atoms with Crippen molar-refractivity contribution in [2.24, 2.45) is 7.05 Å². The van der Waals surface area contributed by atoms with E-state index in [1.54, 1.807) is 35.1 Å². The van der Waals surface area contributed by atoms with Gasteiger partial charge in [-0.1, -0.05) is 0 Å². The molecular formula is C20H24N4O4. The van der Waals surface area contributed by atoms with Crippen molar-refractivity contribution in [3.63, 3.8) is 0 Å². The summed E-state index contributed by atoms with van der Waals surface area (Å²) in [6.07, 6.45) is 2.86. The third-order valence-corrected chi connectivity index (χ3v) is 5.54. The number of ether oxygens (including phenoxy) is 1. The molecule has 1 N–H and O–H groups in total. The Morgan fingerprint density at radius 2 is 1.86 bits per heavy atom. The van der Waals surface area contributed by atoms with E-state index < -0.39 is 0 Å². The number of hydrogen-bond acceptors (Lipinski definition) is 5. The Hall–Kier alpha value is -2.87. The van der Waals surface area contributed by atoms with E-state index in [1.807, 2.05) is 22.9 Å². The minimum atomic E-state index is -0.0483. The molecule has 2 bridgehead atoms. The summed E-state index contributed by atoms with van der Waals surface area (Å²) in [5, 5.41) is 12.9. The quantitative estimate of drug-likeness (QED) is 0.782. The molecule has 0 spiro atoms. The van der Waals surface area contributed by atoms with Gasteiger partial charge in [-0.3, -0.25) is 14.3 Å². The number of piperazine rings is 1. The Morgan fingerprint density at radius 3 is 2.46 bits per heavy atom. The molecule has 2 atom stereocenters. The molecule has 8 heteroatoms. The zero-order valence-electron chi connectivity index (χ0n) is 15.8. The number of benzene rings is 1. The first-order valence-electron chi connectivity index (χ1n) is 9.48. The number of fused-ring (bicyclic) bond motifs is 2. The monoisotopic (exact) mass is 384 g/mol. The number of aliphatic hydroxyl groups excluding tert-OH is 1. The molecule has 0 aliphatic carbocycles. The molecule has 1 aromatic heterocycles. The third-order valence-electron chi connectivity index (χ3n) is 5.54. The van der Waals surface area contributed by atoms with E-state index in [4.69, 9.17) is 9.84 Å². The molecule has 1 aromatic carbocycles. The molecule has 2 aromatic rings. The Morgan fingerprint density at radius 1 is 1.14 bits per heavy atom. The second-order valence-electron chi connectivity index (χ2n) is 7.27. The Kier molecular flexibility index (Phi) is 5.04. The van der Waals surface area contributed by atoms with Crippen molar-refractivity contribution in [1.29, 1.82) is 0 Å². The van der Waals surface area contributed by atoms with Gasteiger partial charge in [-0.25, -0.2) is 0 Å². The molecule has 0 radical (unpaired) electrons. The molecule has 8 nitrogen and oxygen atoms in total. The molecule has 2 saturated heterocycles. The Bertz CT molecular complexity index is 863. The van der Waals surface area contributed by atoms with Crippen molar-refractivity contribution < 1.29 is 19.4 Å².